The molecule has 1 N–H and O–H groups in total. The minimum Gasteiger partial charge on any atom is -0.497 e. The molecule has 0 radical (unpaired) electrons. The Morgan fingerprint density at radius 2 is 1.64 bits per heavy atom. The smallest absolute Gasteiger partial charge is 0.226 e. The molecule has 42 heavy (non-hydrogen) atoms. The molecule has 0 unspecified atom stereocenters. The maximum atomic E-state index is 12.8. The number of hydrogen-bond donors (Lipinski definition) is 1. The number of thiazole rings is 1. The van der Waals surface area contributed by atoms with Gasteiger partial charge >= 0.3 is 0 Å². The molecule has 3 aromatic carbocycles. The zero-order chi connectivity index (χ0) is 29.5. The van der Waals surface area contributed by atoms with Gasteiger partial charge in [-0.15, -0.1) is 23.1 Å². The van der Waals surface area contributed by atoms with Gasteiger partial charge in [-0.3, -0.25) is 4.79 Å². The quantitative estimate of drug-likeness (QED) is 0.165. The number of anilines is 1. The highest BCUT2D eigenvalue weighted by atomic mass is 32.2. The molecular weight excluding hydrogens is 565 g/mol. The van der Waals surface area contributed by atoms with Crippen LogP contribution in [0.2, 0.25) is 0 Å². The van der Waals surface area contributed by atoms with Gasteiger partial charge in [-0.25, -0.2) is 9.97 Å². The molecule has 2 aromatic heterocycles. The number of ether oxygens (including phenoxy) is 2. The van der Waals surface area contributed by atoms with E-state index in [-0.39, 0.29) is 12.3 Å². The van der Waals surface area contributed by atoms with Gasteiger partial charge in [0, 0.05) is 34.2 Å². The number of amides is 1. The molecule has 1 amide bonds. The van der Waals surface area contributed by atoms with Gasteiger partial charge < -0.3 is 14.8 Å². The van der Waals surface area contributed by atoms with E-state index in [0.29, 0.717) is 21.5 Å². The van der Waals surface area contributed by atoms with Crippen molar-refractivity contribution in [3.8, 4) is 51.2 Å². The van der Waals surface area contributed by atoms with Gasteiger partial charge in [-0.2, -0.15) is 5.26 Å². The van der Waals surface area contributed by atoms with E-state index in [9.17, 15) is 10.1 Å². The lowest BCUT2D eigenvalue weighted by atomic mass is 9.98. The number of aryl methyl sites for hydroxylation is 1. The number of hydrogen-bond acceptors (Lipinski definition) is 8. The first-order valence-corrected chi connectivity index (χ1v) is 15.0. The largest absolute Gasteiger partial charge is 0.497 e. The summed E-state index contributed by atoms with van der Waals surface area (Å²) in [6.45, 7) is 2.03. The lowest BCUT2D eigenvalue weighted by molar-refractivity contribution is -0.115. The van der Waals surface area contributed by atoms with Gasteiger partial charge in [0.1, 0.15) is 22.6 Å². The number of thioether (sulfide) groups is 1. The molecule has 0 bridgehead atoms. The highest BCUT2D eigenvalue weighted by Gasteiger charge is 2.17. The van der Waals surface area contributed by atoms with Gasteiger partial charge in [-0.05, 0) is 55.0 Å². The van der Waals surface area contributed by atoms with Crippen molar-refractivity contribution in [2.75, 3.05) is 25.3 Å². The molecule has 0 aliphatic heterocycles. The number of nitrogens with zero attached hydrogens (tertiary/aromatic N) is 3. The van der Waals surface area contributed by atoms with Gasteiger partial charge in [0.05, 0.1) is 31.2 Å². The molecule has 9 heteroatoms. The molecule has 0 spiro atoms. The SMILES string of the molecule is COc1ccc(-c2cc(-c3ccc(C)cc3)c(C#N)c(SCCC(=O)Nc3nc(-c4cccc(OC)c4)cs3)n2)cc1. The fraction of sp³-hybridized carbons (Fsp3) is 0.152. The summed E-state index contributed by atoms with van der Waals surface area (Å²) in [6, 6.07) is 27.7. The van der Waals surface area contributed by atoms with Crippen LogP contribution in [0.1, 0.15) is 17.5 Å². The number of methoxy groups -OCH3 is 2. The van der Waals surface area contributed by atoms with Gasteiger partial charge in [0.2, 0.25) is 5.91 Å². The van der Waals surface area contributed by atoms with Crippen LogP contribution in [0, 0.1) is 18.3 Å². The van der Waals surface area contributed by atoms with Crippen LogP contribution in [0.25, 0.3) is 33.6 Å². The van der Waals surface area contributed by atoms with E-state index in [1.807, 2.05) is 91.2 Å². The number of rotatable bonds is 10. The predicted molar refractivity (Wildman–Crippen MR) is 169 cm³/mol. The summed E-state index contributed by atoms with van der Waals surface area (Å²) in [7, 11) is 3.25. The second-order valence-corrected chi connectivity index (χ2v) is 11.3. The predicted octanol–water partition coefficient (Wildman–Crippen LogP) is 7.86. The molecule has 0 aliphatic carbocycles. The van der Waals surface area contributed by atoms with E-state index in [2.05, 4.69) is 16.4 Å². The number of nitrogens with one attached hydrogen (secondary N) is 1. The third-order valence-electron chi connectivity index (χ3n) is 6.53. The molecular formula is C33H28N4O3S2. The van der Waals surface area contributed by atoms with Crippen LogP contribution in [0.15, 0.2) is 89.3 Å². The van der Waals surface area contributed by atoms with Crippen molar-refractivity contribution >= 4 is 34.1 Å². The topological polar surface area (TPSA) is 97.1 Å². The Balaban J connectivity index is 1.33. The van der Waals surface area contributed by atoms with Crippen molar-refractivity contribution in [2.45, 2.75) is 18.4 Å². The van der Waals surface area contributed by atoms with Crippen LogP contribution in [0.4, 0.5) is 5.13 Å². The van der Waals surface area contributed by atoms with Gasteiger partial charge in [-0.1, -0.05) is 42.0 Å². The first kappa shape index (κ1) is 28.9. The Kier molecular flexibility index (Phi) is 9.17. The zero-order valence-electron chi connectivity index (χ0n) is 23.4. The number of pyridine rings is 1. The van der Waals surface area contributed by atoms with Crippen molar-refractivity contribution in [1.29, 1.82) is 5.26 Å². The summed E-state index contributed by atoms with van der Waals surface area (Å²) in [5.74, 6) is 1.79. The number of carbonyl (C=O) groups is 1. The lowest BCUT2D eigenvalue weighted by Gasteiger charge is -2.13. The summed E-state index contributed by atoms with van der Waals surface area (Å²) < 4.78 is 10.6. The van der Waals surface area contributed by atoms with Crippen molar-refractivity contribution in [2.24, 2.45) is 0 Å². The van der Waals surface area contributed by atoms with Crippen LogP contribution in [0.5, 0.6) is 11.5 Å². The van der Waals surface area contributed by atoms with Crippen LogP contribution in [0.3, 0.4) is 0 Å². The Hall–Kier alpha value is -4.65. The summed E-state index contributed by atoms with van der Waals surface area (Å²) in [5, 5.41) is 16.1. The fourth-order valence-electron chi connectivity index (χ4n) is 4.27. The highest BCUT2D eigenvalue weighted by molar-refractivity contribution is 7.99. The van der Waals surface area contributed by atoms with Crippen LogP contribution in [-0.2, 0) is 4.79 Å². The molecule has 7 nitrogen and oxygen atoms in total. The average Bonchev–Trinajstić information content (AvgIpc) is 3.49. The standard InChI is InChI=1S/C33H28N4O3S2/c1-21-7-9-22(10-8-21)27-18-29(23-11-13-25(39-2)14-12-23)35-32(28(27)19-34)41-16-15-31(38)37-33-36-30(20-42-33)24-5-4-6-26(17-24)40-3/h4-14,17-18,20H,15-16H2,1-3H3,(H,36,37,38). The Labute approximate surface area is 253 Å². The van der Waals surface area contributed by atoms with E-state index >= 15 is 0 Å². The third-order valence-corrected chi connectivity index (χ3v) is 8.27. The van der Waals surface area contributed by atoms with Crippen LogP contribution < -0.4 is 14.8 Å². The molecule has 0 saturated carbocycles. The second kappa shape index (κ2) is 13.3. The van der Waals surface area contributed by atoms with E-state index < -0.39 is 0 Å². The molecule has 0 aliphatic rings. The zero-order valence-corrected chi connectivity index (χ0v) is 25.0. The fourth-order valence-corrected chi connectivity index (χ4v) is 5.95. The van der Waals surface area contributed by atoms with E-state index in [1.165, 1.54) is 23.1 Å². The highest BCUT2D eigenvalue weighted by Crippen LogP contribution is 2.35. The van der Waals surface area contributed by atoms with E-state index in [4.69, 9.17) is 14.5 Å². The van der Waals surface area contributed by atoms with Crippen molar-refractivity contribution in [3.05, 3.63) is 95.4 Å². The molecule has 5 aromatic rings. The number of aromatic nitrogens is 2. The summed E-state index contributed by atoms with van der Waals surface area (Å²) in [6.07, 6.45) is 0.234. The Morgan fingerprint density at radius 1 is 0.905 bits per heavy atom. The molecule has 0 fully saturated rings. The number of carbonyl (C=O) groups excluding carboxylic acids is 1. The van der Waals surface area contributed by atoms with Crippen molar-refractivity contribution < 1.29 is 14.3 Å². The molecule has 5 rings (SSSR count). The summed E-state index contributed by atoms with van der Waals surface area (Å²) >= 11 is 2.76. The Bertz CT molecular complexity index is 1740. The molecule has 210 valence electrons. The van der Waals surface area contributed by atoms with Gasteiger partial charge in [0.15, 0.2) is 5.13 Å². The first-order chi connectivity index (χ1) is 20.5. The molecule has 0 saturated heterocycles. The number of nitriles is 1. The summed E-state index contributed by atoms with van der Waals surface area (Å²) in [5.41, 5.74) is 6.70. The molecule has 2 heterocycles. The minimum atomic E-state index is -0.155. The first-order valence-electron chi connectivity index (χ1n) is 13.2. The van der Waals surface area contributed by atoms with Gasteiger partial charge in [0.25, 0.3) is 0 Å². The van der Waals surface area contributed by atoms with E-state index in [0.717, 1.165) is 50.7 Å². The summed E-state index contributed by atoms with van der Waals surface area (Å²) in [4.78, 5) is 22.2. The lowest BCUT2D eigenvalue weighted by Crippen LogP contribution is -2.12. The Morgan fingerprint density at radius 3 is 2.36 bits per heavy atom. The second-order valence-electron chi connectivity index (χ2n) is 9.36. The number of benzene rings is 3. The maximum Gasteiger partial charge on any atom is 0.226 e. The maximum absolute atomic E-state index is 12.8. The molecule has 0 atom stereocenters. The van der Waals surface area contributed by atoms with Crippen LogP contribution in [-0.4, -0.2) is 35.8 Å². The van der Waals surface area contributed by atoms with E-state index in [1.54, 1.807) is 14.2 Å². The average molecular weight is 593 g/mol. The minimum absolute atomic E-state index is 0.155. The third kappa shape index (κ3) is 6.79. The van der Waals surface area contributed by atoms with Crippen LogP contribution >= 0.6 is 23.1 Å². The van der Waals surface area contributed by atoms with Crippen molar-refractivity contribution in [3.63, 3.8) is 0 Å². The van der Waals surface area contributed by atoms with Crippen molar-refractivity contribution in [1.82, 2.24) is 9.97 Å². The monoisotopic (exact) mass is 592 g/mol. The normalized spacial score (nSPS) is 10.6.